The van der Waals surface area contributed by atoms with Gasteiger partial charge in [-0.15, -0.1) is 0 Å². The van der Waals surface area contributed by atoms with Crippen LogP contribution >= 0.6 is 0 Å². The molecular weight excluding hydrogens is 240 g/mol. The van der Waals surface area contributed by atoms with E-state index in [1.54, 1.807) is 0 Å². The average Bonchev–Trinajstić information content (AvgIpc) is 3.20. The van der Waals surface area contributed by atoms with Gasteiger partial charge in [0.1, 0.15) is 0 Å². The Bertz CT molecular complexity index is 289. The zero-order valence-corrected chi connectivity index (χ0v) is 12.6. The van der Waals surface area contributed by atoms with E-state index in [2.05, 4.69) is 17.8 Å². The minimum absolute atomic E-state index is 0.730. The summed E-state index contributed by atoms with van der Waals surface area (Å²) in [5, 5.41) is 0. The van der Waals surface area contributed by atoms with E-state index < -0.39 is 8.90 Å². The van der Waals surface area contributed by atoms with Crippen molar-refractivity contribution in [1.82, 2.24) is 0 Å². The summed E-state index contributed by atoms with van der Waals surface area (Å²) in [6, 6.07) is 0. The van der Waals surface area contributed by atoms with Crippen LogP contribution in [0.3, 0.4) is 0 Å². The monoisotopic (exact) mass is 266 g/mol. The molecule has 0 N–H and O–H groups in total. The molecule has 2 saturated carbocycles. The summed E-state index contributed by atoms with van der Waals surface area (Å²) >= 11 is 0. The first-order valence-electron chi connectivity index (χ1n) is 7.52. The first-order valence-corrected chi connectivity index (χ1v) is 8.92. The molecule has 0 aromatic heterocycles. The molecule has 0 atom stereocenters. The summed E-state index contributed by atoms with van der Waals surface area (Å²) in [5.74, 6) is 1.59. The summed E-state index contributed by atoms with van der Waals surface area (Å²) in [4.78, 5) is 0. The first-order chi connectivity index (χ1) is 8.88. The lowest BCUT2D eigenvalue weighted by molar-refractivity contribution is 0.243. The topological polar surface area (TPSA) is 18.5 Å². The minimum atomic E-state index is -1.11. The van der Waals surface area contributed by atoms with Crippen LogP contribution in [0.25, 0.3) is 0 Å². The third-order valence-electron chi connectivity index (χ3n) is 3.66. The summed E-state index contributed by atoms with van der Waals surface area (Å²) in [6.45, 7) is 3.55. The van der Waals surface area contributed by atoms with E-state index in [9.17, 15) is 0 Å². The Morgan fingerprint density at radius 2 is 1.78 bits per heavy atom. The fourth-order valence-electron chi connectivity index (χ4n) is 2.44. The summed E-state index contributed by atoms with van der Waals surface area (Å²) < 4.78 is 11.5. The normalized spacial score (nSPS) is 22.4. The maximum absolute atomic E-state index is 5.86. The Balaban J connectivity index is 1.66. The van der Waals surface area contributed by atoms with Crippen molar-refractivity contribution in [3.8, 4) is 0 Å². The van der Waals surface area contributed by atoms with Crippen molar-refractivity contribution in [2.75, 3.05) is 13.2 Å². The molecule has 2 aliphatic rings. The second-order valence-electron chi connectivity index (χ2n) is 5.39. The van der Waals surface area contributed by atoms with Crippen LogP contribution in [0.15, 0.2) is 12.2 Å². The van der Waals surface area contributed by atoms with Gasteiger partial charge in [-0.25, -0.2) is 0 Å². The Hall–Kier alpha value is -0.573. The van der Waals surface area contributed by atoms with Gasteiger partial charge in [-0.3, -0.25) is 0 Å². The van der Waals surface area contributed by atoms with E-state index in [0.29, 0.717) is 0 Å². The van der Waals surface area contributed by atoms with Gasteiger partial charge in [0, 0.05) is 0 Å². The molecule has 0 bridgehead atoms. The van der Waals surface area contributed by atoms with Crippen molar-refractivity contribution in [1.29, 1.82) is 0 Å². The van der Waals surface area contributed by atoms with E-state index in [0.717, 1.165) is 25.0 Å². The van der Waals surface area contributed by atoms with Gasteiger partial charge >= 0.3 is 8.90 Å². The highest BCUT2D eigenvalue weighted by atomic mass is 28.3. The molecule has 0 unspecified atom stereocenters. The first kappa shape index (κ1) is 13.8. The van der Waals surface area contributed by atoms with E-state index in [4.69, 9.17) is 8.85 Å². The standard InChI is InChI=1S/C15H26O2Si/c1-2-16-18(13-15-10-11-15)17-12-6-9-14-7-4-3-5-8-14/h6,9,13-15H,2-5,7-8,10-12H2,1H3. The molecule has 0 spiro atoms. The quantitative estimate of drug-likeness (QED) is 0.519. The molecule has 18 heavy (non-hydrogen) atoms. The predicted octanol–water partition coefficient (Wildman–Crippen LogP) is 3.46. The van der Waals surface area contributed by atoms with E-state index in [1.165, 1.54) is 44.9 Å². The predicted molar refractivity (Wildman–Crippen MR) is 77.8 cm³/mol. The molecule has 0 heterocycles. The summed E-state index contributed by atoms with van der Waals surface area (Å²) in [6.07, 6.45) is 14.2. The lowest BCUT2D eigenvalue weighted by Crippen LogP contribution is -2.17. The summed E-state index contributed by atoms with van der Waals surface area (Å²) in [7, 11) is -1.11. The van der Waals surface area contributed by atoms with Gasteiger partial charge in [0.05, 0.1) is 13.2 Å². The molecule has 2 nitrogen and oxygen atoms in total. The van der Waals surface area contributed by atoms with Crippen molar-refractivity contribution in [2.24, 2.45) is 11.8 Å². The van der Waals surface area contributed by atoms with Crippen LogP contribution in [-0.4, -0.2) is 27.8 Å². The zero-order valence-electron chi connectivity index (χ0n) is 11.6. The van der Waals surface area contributed by atoms with Crippen LogP contribution < -0.4 is 0 Å². The van der Waals surface area contributed by atoms with Crippen molar-refractivity contribution in [2.45, 2.75) is 51.9 Å². The maximum Gasteiger partial charge on any atom is 0.476 e. The molecule has 0 aromatic carbocycles. The van der Waals surface area contributed by atoms with Crippen LogP contribution in [0.2, 0.25) is 0 Å². The molecule has 102 valence electrons. The molecule has 0 aliphatic heterocycles. The van der Waals surface area contributed by atoms with Gasteiger partial charge < -0.3 is 8.85 Å². The molecule has 2 aliphatic carbocycles. The largest absolute Gasteiger partial charge is 0.524 e. The second-order valence-corrected chi connectivity index (χ2v) is 6.94. The smallest absolute Gasteiger partial charge is 0.476 e. The lowest BCUT2D eigenvalue weighted by atomic mass is 9.89. The van der Waals surface area contributed by atoms with E-state index in [1.807, 2.05) is 6.92 Å². The highest BCUT2D eigenvalue weighted by Crippen LogP contribution is 2.26. The zero-order chi connectivity index (χ0) is 12.6. The molecule has 0 radical (unpaired) electrons. The Morgan fingerprint density at radius 1 is 1.00 bits per heavy atom. The highest BCUT2D eigenvalue weighted by Gasteiger charge is 2.21. The number of hydrogen-bond acceptors (Lipinski definition) is 2. The minimum Gasteiger partial charge on any atom is -0.524 e. The molecule has 0 amide bonds. The molecule has 2 fully saturated rings. The fourth-order valence-corrected chi connectivity index (χ4v) is 3.98. The SMILES string of the molecule is CCO[Si](=CC1CC1)OCC=CC1CCCCC1. The molecule has 3 heteroatoms. The highest BCUT2D eigenvalue weighted by molar-refractivity contribution is 6.54. The Kier molecular flexibility index (Phi) is 5.98. The van der Waals surface area contributed by atoms with Gasteiger partial charge in [0.15, 0.2) is 0 Å². The average molecular weight is 266 g/mol. The van der Waals surface area contributed by atoms with E-state index >= 15 is 0 Å². The molecule has 2 rings (SSSR count). The van der Waals surface area contributed by atoms with Crippen LogP contribution in [0.4, 0.5) is 0 Å². The number of rotatable bonds is 7. The van der Waals surface area contributed by atoms with Gasteiger partial charge in [-0.1, -0.05) is 31.4 Å². The van der Waals surface area contributed by atoms with Crippen LogP contribution in [0.1, 0.15) is 51.9 Å². The lowest BCUT2D eigenvalue weighted by Gasteiger charge is -2.17. The third kappa shape index (κ3) is 5.38. The fraction of sp³-hybridized carbons (Fsp3) is 0.800. The molecular formula is C15H26O2Si. The second kappa shape index (κ2) is 7.77. The van der Waals surface area contributed by atoms with Crippen LogP contribution in [-0.2, 0) is 8.85 Å². The van der Waals surface area contributed by atoms with Crippen molar-refractivity contribution in [3.63, 3.8) is 0 Å². The maximum atomic E-state index is 5.86. The van der Waals surface area contributed by atoms with Crippen molar-refractivity contribution >= 4 is 14.6 Å². The number of hydrogen-bond donors (Lipinski definition) is 0. The van der Waals surface area contributed by atoms with Gasteiger partial charge in [-0.2, -0.15) is 0 Å². The summed E-state index contributed by atoms with van der Waals surface area (Å²) in [5.41, 5.74) is 2.32. The van der Waals surface area contributed by atoms with Gasteiger partial charge in [-0.05, 0) is 50.1 Å². The number of allylic oxidation sites excluding steroid dienone is 1. The van der Waals surface area contributed by atoms with Crippen LogP contribution in [0, 0.1) is 11.8 Å². The van der Waals surface area contributed by atoms with Crippen molar-refractivity contribution in [3.05, 3.63) is 12.2 Å². The van der Waals surface area contributed by atoms with Gasteiger partial charge in [0.25, 0.3) is 0 Å². The van der Waals surface area contributed by atoms with E-state index in [-0.39, 0.29) is 0 Å². The Labute approximate surface area is 113 Å². The Morgan fingerprint density at radius 3 is 2.44 bits per heavy atom. The molecule has 0 aromatic rings. The molecule has 0 saturated heterocycles. The van der Waals surface area contributed by atoms with Crippen molar-refractivity contribution < 1.29 is 8.85 Å². The third-order valence-corrected chi connectivity index (χ3v) is 5.43. The van der Waals surface area contributed by atoms with Gasteiger partial charge in [0.2, 0.25) is 0 Å². The van der Waals surface area contributed by atoms with Crippen LogP contribution in [0.5, 0.6) is 0 Å².